The summed E-state index contributed by atoms with van der Waals surface area (Å²) in [6.07, 6.45) is 7.64. The van der Waals surface area contributed by atoms with Crippen LogP contribution in [-0.4, -0.2) is 42.3 Å². The highest BCUT2D eigenvalue weighted by Gasteiger charge is 2.47. The second-order valence-electron chi connectivity index (χ2n) is 9.29. The van der Waals surface area contributed by atoms with E-state index in [0.717, 1.165) is 18.5 Å². The quantitative estimate of drug-likeness (QED) is 0.637. The maximum absolute atomic E-state index is 13.6. The topological polar surface area (TPSA) is 60.3 Å². The van der Waals surface area contributed by atoms with E-state index in [1.165, 1.54) is 36.7 Å². The van der Waals surface area contributed by atoms with E-state index in [9.17, 15) is 18.4 Å². The number of ketones is 1. The smallest absolute Gasteiger partial charge is 0.357 e. The van der Waals surface area contributed by atoms with E-state index in [1.807, 2.05) is 12.1 Å². The highest BCUT2D eigenvalue weighted by atomic mass is 35.5. The molecule has 1 aromatic heterocycles. The standard InChI is InChI=1S/C24H28F2N2O3.ClH/c25-13-24(14-26)28-19-7-6-15(10-17(19)12-20(28)23(30)31-24)11-21(29)22-18(8-9-27-22)16-4-2-1-3-5-16;/h6-7,10,12,16,18,22,27H,1-5,8-9,11,13-14H2;1H/t18-,22-;/m0./s1. The summed E-state index contributed by atoms with van der Waals surface area (Å²) in [7, 11) is 0. The average Bonchev–Trinajstić information content (AvgIpc) is 3.49. The van der Waals surface area contributed by atoms with E-state index >= 15 is 0 Å². The summed E-state index contributed by atoms with van der Waals surface area (Å²) >= 11 is 0. The Morgan fingerprint density at radius 2 is 1.88 bits per heavy atom. The van der Waals surface area contributed by atoms with E-state index in [2.05, 4.69) is 5.32 Å². The van der Waals surface area contributed by atoms with Gasteiger partial charge in [-0.1, -0.05) is 38.2 Å². The number of cyclic esters (lactones) is 1. The van der Waals surface area contributed by atoms with Crippen molar-refractivity contribution in [2.45, 2.75) is 56.7 Å². The fourth-order valence-corrected chi connectivity index (χ4v) is 5.90. The van der Waals surface area contributed by atoms with Gasteiger partial charge >= 0.3 is 5.97 Å². The van der Waals surface area contributed by atoms with Crippen molar-refractivity contribution in [3.05, 3.63) is 35.5 Å². The van der Waals surface area contributed by atoms with Crippen molar-refractivity contribution in [2.75, 3.05) is 19.9 Å². The number of hydrogen-bond acceptors (Lipinski definition) is 4. The number of nitrogens with zero attached hydrogens (tertiary/aromatic N) is 1. The molecule has 2 aromatic rings. The lowest BCUT2D eigenvalue weighted by molar-refractivity contribution is -0.121. The molecule has 0 bridgehead atoms. The van der Waals surface area contributed by atoms with Crippen molar-refractivity contribution in [1.29, 1.82) is 0 Å². The first-order chi connectivity index (χ1) is 15.1. The molecule has 3 heterocycles. The lowest BCUT2D eigenvalue weighted by Gasteiger charge is -2.30. The van der Waals surface area contributed by atoms with Gasteiger partial charge in [0.15, 0.2) is 19.1 Å². The highest BCUT2D eigenvalue weighted by Crippen LogP contribution is 2.38. The van der Waals surface area contributed by atoms with E-state index in [0.29, 0.717) is 29.2 Å². The number of aromatic nitrogens is 1. The molecule has 2 aliphatic heterocycles. The molecule has 1 saturated carbocycles. The van der Waals surface area contributed by atoms with Crippen LogP contribution in [0.3, 0.4) is 0 Å². The SMILES string of the molecule is Cl.O=C1OC(CF)(CF)n2c1cc1cc(CC(=O)[C@H]3NCC[C@H]3C3CCCCC3)ccc12. The predicted octanol–water partition coefficient (Wildman–Crippen LogP) is 4.50. The van der Waals surface area contributed by atoms with Gasteiger partial charge in [0.05, 0.1) is 11.6 Å². The number of carbonyl (C=O) groups excluding carboxylic acids is 2. The van der Waals surface area contributed by atoms with Gasteiger partial charge in [0, 0.05) is 11.8 Å². The molecule has 3 aliphatic rings. The summed E-state index contributed by atoms with van der Waals surface area (Å²) in [5, 5.41) is 4.11. The minimum Gasteiger partial charge on any atom is -0.428 e. The van der Waals surface area contributed by atoms with Gasteiger partial charge in [-0.3, -0.25) is 9.36 Å². The van der Waals surface area contributed by atoms with Crippen molar-refractivity contribution in [3.63, 3.8) is 0 Å². The third-order valence-corrected chi connectivity index (χ3v) is 7.43. The first-order valence-electron chi connectivity index (χ1n) is 11.3. The molecule has 174 valence electrons. The van der Waals surface area contributed by atoms with Crippen LogP contribution in [0.4, 0.5) is 8.78 Å². The number of Topliss-reactive ketones (excluding diaryl/α,β-unsaturated/α-hetero) is 1. The number of benzene rings is 1. The molecule has 1 aliphatic carbocycles. The first-order valence-corrected chi connectivity index (χ1v) is 11.3. The summed E-state index contributed by atoms with van der Waals surface area (Å²) in [6, 6.07) is 6.87. The Kier molecular flexibility index (Phi) is 6.59. The van der Waals surface area contributed by atoms with Crippen LogP contribution in [0.1, 0.15) is 54.6 Å². The van der Waals surface area contributed by atoms with Crippen molar-refractivity contribution in [3.8, 4) is 0 Å². The van der Waals surface area contributed by atoms with Crippen LogP contribution in [0.2, 0.25) is 0 Å². The molecular weight excluding hydrogens is 438 g/mol. The Morgan fingerprint density at radius 1 is 1.12 bits per heavy atom. The average molecular weight is 467 g/mol. The Bertz CT molecular complexity index is 1010. The summed E-state index contributed by atoms with van der Waals surface area (Å²) < 4.78 is 33.6. The number of carbonyl (C=O) groups is 2. The monoisotopic (exact) mass is 466 g/mol. The minimum absolute atomic E-state index is 0. The Balaban J connectivity index is 0.00000245. The van der Waals surface area contributed by atoms with Crippen LogP contribution in [0.5, 0.6) is 0 Å². The fraction of sp³-hybridized carbons (Fsp3) is 0.583. The maximum atomic E-state index is 13.6. The van der Waals surface area contributed by atoms with E-state index in [4.69, 9.17) is 4.74 Å². The molecule has 5 rings (SSSR count). The van der Waals surface area contributed by atoms with Gasteiger partial charge in [-0.05, 0) is 48.6 Å². The molecule has 1 saturated heterocycles. The van der Waals surface area contributed by atoms with E-state index in [-0.39, 0.29) is 29.9 Å². The van der Waals surface area contributed by atoms with Crippen molar-refractivity contribution in [2.24, 2.45) is 11.8 Å². The van der Waals surface area contributed by atoms with Crippen molar-refractivity contribution in [1.82, 2.24) is 9.88 Å². The van der Waals surface area contributed by atoms with Crippen LogP contribution in [0, 0.1) is 11.8 Å². The lowest BCUT2D eigenvalue weighted by Crippen LogP contribution is -2.40. The van der Waals surface area contributed by atoms with Crippen LogP contribution >= 0.6 is 12.4 Å². The largest absolute Gasteiger partial charge is 0.428 e. The molecule has 8 heteroatoms. The van der Waals surface area contributed by atoms with Gasteiger partial charge in [0.25, 0.3) is 0 Å². The van der Waals surface area contributed by atoms with Gasteiger partial charge in [0.1, 0.15) is 5.69 Å². The molecule has 5 nitrogen and oxygen atoms in total. The first kappa shape index (κ1) is 23.2. The van der Waals surface area contributed by atoms with Crippen LogP contribution in [-0.2, 0) is 21.7 Å². The minimum atomic E-state index is -1.92. The molecule has 0 spiro atoms. The molecule has 1 aromatic carbocycles. The Hall–Kier alpha value is -1.99. The number of ether oxygens (including phenoxy) is 1. The number of esters is 1. The van der Waals surface area contributed by atoms with Crippen molar-refractivity contribution >= 4 is 35.1 Å². The number of rotatable bonds is 6. The Morgan fingerprint density at radius 3 is 2.59 bits per heavy atom. The van der Waals surface area contributed by atoms with Crippen LogP contribution < -0.4 is 5.32 Å². The second kappa shape index (κ2) is 9.10. The predicted molar refractivity (Wildman–Crippen MR) is 120 cm³/mol. The summed E-state index contributed by atoms with van der Waals surface area (Å²) in [5.74, 6) is 0.518. The Labute approximate surface area is 192 Å². The molecule has 0 amide bonds. The van der Waals surface area contributed by atoms with Crippen molar-refractivity contribution < 1.29 is 23.1 Å². The molecule has 2 fully saturated rings. The normalized spacial score (nSPS) is 24.9. The maximum Gasteiger partial charge on any atom is 0.357 e. The number of fused-ring (bicyclic) bond motifs is 3. The molecule has 0 unspecified atom stereocenters. The zero-order valence-electron chi connectivity index (χ0n) is 17.9. The van der Waals surface area contributed by atoms with Gasteiger partial charge in [-0.25, -0.2) is 13.6 Å². The number of alkyl halides is 2. The number of halogens is 3. The van der Waals surface area contributed by atoms with Gasteiger partial charge < -0.3 is 10.1 Å². The summed E-state index contributed by atoms with van der Waals surface area (Å²) in [5.41, 5.74) is -0.403. The van der Waals surface area contributed by atoms with Gasteiger partial charge in [-0.2, -0.15) is 0 Å². The summed E-state index contributed by atoms with van der Waals surface area (Å²) in [6.45, 7) is -1.39. The van der Waals surface area contributed by atoms with Gasteiger partial charge in [-0.15, -0.1) is 12.4 Å². The fourth-order valence-electron chi connectivity index (χ4n) is 5.90. The summed E-state index contributed by atoms with van der Waals surface area (Å²) in [4.78, 5) is 25.3. The zero-order chi connectivity index (χ0) is 21.6. The van der Waals surface area contributed by atoms with Crippen LogP contribution in [0.15, 0.2) is 24.3 Å². The molecular formula is C24H29ClF2N2O3. The highest BCUT2D eigenvalue weighted by molar-refractivity contribution is 5.98. The third-order valence-electron chi connectivity index (χ3n) is 7.43. The zero-order valence-corrected chi connectivity index (χ0v) is 18.8. The lowest BCUT2D eigenvalue weighted by atomic mass is 9.75. The third kappa shape index (κ3) is 3.73. The van der Waals surface area contributed by atoms with Crippen LogP contribution in [0.25, 0.3) is 10.9 Å². The number of hydrogen-bond donors (Lipinski definition) is 1. The number of nitrogens with one attached hydrogen (secondary N) is 1. The molecule has 32 heavy (non-hydrogen) atoms. The molecule has 0 radical (unpaired) electrons. The van der Waals surface area contributed by atoms with E-state index in [1.54, 1.807) is 12.1 Å². The molecule has 2 atom stereocenters. The van der Waals surface area contributed by atoms with E-state index < -0.39 is 25.0 Å². The molecule has 1 N–H and O–H groups in total. The van der Waals surface area contributed by atoms with Gasteiger partial charge in [0.2, 0.25) is 5.72 Å². The second-order valence-corrected chi connectivity index (χ2v) is 9.29.